The van der Waals surface area contributed by atoms with Gasteiger partial charge in [0.15, 0.2) is 0 Å². The number of hydrogen-bond acceptors (Lipinski definition) is 5. The molecule has 0 unspecified atom stereocenters. The molecule has 0 fully saturated rings. The fourth-order valence-corrected chi connectivity index (χ4v) is 5.09. The van der Waals surface area contributed by atoms with Crippen molar-refractivity contribution in [1.29, 1.82) is 0 Å². The molecule has 0 saturated carbocycles. The zero-order chi connectivity index (χ0) is 32.5. The molecule has 0 atom stereocenters. The Labute approximate surface area is 264 Å². The number of benzene rings is 3. The number of hydrogen-bond donors (Lipinski definition) is 3. The summed E-state index contributed by atoms with van der Waals surface area (Å²) in [4.78, 5) is 26.1. The molecule has 1 heterocycles. The number of aliphatic hydroxyl groups is 1. The quantitative estimate of drug-likeness (QED) is 0.118. The highest BCUT2D eigenvalue weighted by Crippen LogP contribution is 2.38. The minimum absolute atomic E-state index is 0.0160. The van der Waals surface area contributed by atoms with Crippen molar-refractivity contribution in [2.24, 2.45) is 0 Å². The number of likely N-dealkylation sites (N-methyl/N-ethyl adjacent to an activating group) is 1. The molecule has 12 heteroatoms. The number of H-pyrrole nitrogens is 1. The van der Waals surface area contributed by atoms with Crippen molar-refractivity contribution in [3.05, 3.63) is 106 Å². The molecule has 0 bridgehead atoms. The standard InChI is InChI=1S/C33H33ClF2N4O5/c1-3-25(26-12-9-23(35)20-28(26)34)31(22-8-13-29-27(19-22)32(36)38-37-29)21-6-10-24(11-7-21)45-18-16-40(33(43)44)14-4-5-30(42)39(2)15-17-41/h4-13,19-20,41H,3,14-18H2,1-2H3,(H,37,38)(H,43,44). The number of fused-ring (bicyclic) bond motifs is 1. The van der Waals surface area contributed by atoms with Gasteiger partial charge in [0, 0.05) is 26.2 Å². The van der Waals surface area contributed by atoms with E-state index in [2.05, 4.69) is 10.2 Å². The topological polar surface area (TPSA) is 119 Å². The lowest BCUT2D eigenvalue weighted by atomic mass is 9.87. The molecule has 0 radical (unpaired) electrons. The lowest BCUT2D eigenvalue weighted by molar-refractivity contribution is -0.125. The first-order valence-electron chi connectivity index (χ1n) is 14.2. The maximum atomic E-state index is 14.4. The lowest BCUT2D eigenvalue weighted by Gasteiger charge is -2.19. The Morgan fingerprint density at radius 1 is 1.04 bits per heavy atom. The minimum Gasteiger partial charge on any atom is -0.492 e. The molecule has 4 rings (SSSR count). The number of aromatic amines is 1. The van der Waals surface area contributed by atoms with Gasteiger partial charge < -0.3 is 24.7 Å². The zero-order valence-electron chi connectivity index (χ0n) is 24.8. The lowest BCUT2D eigenvalue weighted by Crippen LogP contribution is -2.34. The van der Waals surface area contributed by atoms with Gasteiger partial charge in [0.2, 0.25) is 11.9 Å². The molecule has 236 valence electrons. The smallest absolute Gasteiger partial charge is 0.407 e. The largest absolute Gasteiger partial charge is 0.492 e. The van der Waals surface area contributed by atoms with Crippen LogP contribution in [0.5, 0.6) is 5.75 Å². The molecule has 0 saturated heterocycles. The molecule has 0 aliphatic carbocycles. The molecular formula is C33H33ClF2N4O5. The van der Waals surface area contributed by atoms with Crippen molar-refractivity contribution in [2.45, 2.75) is 13.3 Å². The highest BCUT2D eigenvalue weighted by molar-refractivity contribution is 6.32. The van der Waals surface area contributed by atoms with E-state index < -0.39 is 17.9 Å². The number of aliphatic hydroxyl groups excluding tert-OH is 1. The molecule has 45 heavy (non-hydrogen) atoms. The van der Waals surface area contributed by atoms with Crippen molar-refractivity contribution in [2.75, 3.05) is 39.9 Å². The number of halogens is 3. The molecule has 4 aromatic rings. The van der Waals surface area contributed by atoms with E-state index in [-0.39, 0.29) is 43.8 Å². The Hall–Kier alpha value is -4.74. The summed E-state index contributed by atoms with van der Waals surface area (Å²) in [5.41, 5.74) is 4.26. The highest BCUT2D eigenvalue weighted by atomic mass is 35.5. The van der Waals surface area contributed by atoms with Crippen LogP contribution in [0.15, 0.2) is 72.8 Å². The molecule has 0 spiro atoms. The van der Waals surface area contributed by atoms with Crippen molar-refractivity contribution in [1.82, 2.24) is 20.0 Å². The number of carboxylic acid groups (broad SMARTS) is 1. The summed E-state index contributed by atoms with van der Waals surface area (Å²) in [7, 11) is 1.54. The maximum Gasteiger partial charge on any atom is 0.407 e. The molecule has 3 aromatic carbocycles. The van der Waals surface area contributed by atoms with Crippen LogP contribution in [0, 0.1) is 11.8 Å². The highest BCUT2D eigenvalue weighted by Gasteiger charge is 2.18. The van der Waals surface area contributed by atoms with E-state index in [9.17, 15) is 23.5 Å². The monoisotopic (exact) mass is 638 g/mol. The van der Waals surface area contributed by atoms with Crippen LogP contribution in [0.4, 0.5) is 13.6 Å². The molecule has 1 aromatic heterocycles. The third kappa shape index (κ3) is 8.25. The SMILES string of the molecule is CCC(=C(c1ccc(OCCN(CC=CC(=O)N(C)CCO)C(=O)O)cc1)c1ccc2[nH]nc(F)c2c1)c1ccc(F)cc1Cl. The third-order valence-electron chi connectivity index (χ3n) is 7.16. The Bertz CT molecular complexity index is 1720. The predicted molar refractivity (Wildman–Crippen MR) is 169 cm³/mol. The van der Waals surface area contributed by atoms with Crippen molar-refractivity contribution in [3.63, 3.8) is 0 Å². The van der Waals surface area contributed by atoms with Gasteiger partial charge in [-0.1, -0.05) is 48.9 Å². The average molecular weight is 639 g/mol. The van der Waals surface area contributed by atoms with Gasteiger partial charge in [-0.25, -0.2) is 9.18 Å². The van der Waals surface area contributed by atoms with Crippen LogP contribution < -0.4 is 4.74 Å². The van der Waals surface area contributed by atoms with Gasteiger partial charge in [0.1, 0.15) is 18.2 Å². The van der Waals surface area contributed by atoms with Crippen molar-refractivity contribution < 1.29 is 33.3 Å². The summed E-state index contributed by atoms with van der Waals surface area (Å²) < 4.78 is 34.2. The second-order valence-corrected chi connectivity index (χ2v) is 10.5. The predicted octanol–water partition coefficient (Wildman–Crippen LogP) is 6.23. The van der Waals surface area contributed by atoms with Crippen LogP contribution >= 0.6 is 11.6 Å². The van der Waals surface area contributed by atoms with Gasteiger partial charge in [-0.3, -0.25) is 9.89 Å². The summed E-state index contributed by atoms with van der Waals surface area (Å²) in [6.45, 7) is 2.05. The number of carbonyl (C=O) groups is 2. The summed E-state index contributed by atoms with van der Waals surface area (Å²) in [6, 6.07) is 16.7. The van der Waals surface area contributed by atoms with E-state index in [0.717, 1.165) is 21.6 Å². The van der Waals surface area contributed by atoms with E-state index in [4.69, 9.17) is 21.4 Å². The third-order valence-corrected chi connectivity index (χ3v) is 7.47. The molecule has 0 aliphatic heterocycles. The fourth-order valence-electron chi connectivity index (χ4n) is 4.81. The summed E-state index contributed by atoms with van der Waals surface area (Å²) in [5.74, 6) is -0.934. The van der Waals surface area contributed by atoms with Crippen LogP contribution in [-0.4, -0.2) is 82.1 Å². The Balaban J connectivity index is 1.56. The minimum atomic E-state index is -1.16. The van der Waals surface area contributed by atoms with E-state index >= 15 is 0 Å². The fraction of sp³-hybridized carbons (Fsp3) is 0.242. The first-order valence-corrected chi connectivity index (χ1v) is 14.6. The number of nitrogens with one attached hydrogen (secondary N) is 1. The van der Waals surface area contributed by atoms with Crippen molar-refractivity contribution >= 4 is 45.7 Å². The van der Waals surface area contributed by atoms with Gasteiger partial charge in [0.25, 0.3) is 0 Å². The summed E-state index contributed by atoms with van der Waals surface area (Å²) >= 11 is 6.48. The van der Waals surface area contributed by atoms with Gasteiger partial charge in [-0.15, -0.1) is 5.10 Å². The van der Waals surface area contributed by atoms with Gasteiger partial charge in [0.05, 0.1) is 29.1 Å². The van der Waals surface area contributed by atoms with E-state index in [1.165, 1.54) is 36.2 Å². The number of rotatable bonds is 13. The van der Waals surface area contributed by atoms with Gasteiger partial charge >= 0.3 is 6.09 Å². The van der Waals surface area contributed by atoms with Crippen LogP contribution in [-0.2, 0) is 4.79 Å². The van der Waals surface area contributed by atoms with Gasteiger partial charge in [-0.2, -0.15) is 4.39 Å². The van der Waals surface area contributed by atoms with Crippen LogP contribution in [0.2, 0.25) is 5.02 Å². The van der Waals surface area contributed by atoms with Gasteiger partial charge in [-0.05, 0) is 70.7 Å². The van der Waals surface area contributed by atoms with E-state index in [1.54, 1.807) is 30.3 Å². The normalized spacial score (nSPS) is 12.0. The van der Waals surface area contributed by atoms with Crippen LogP contribution in [0.1, 0.15) is 30.0 Å². The molecular weight excluding hydrogens is 606 g/mol. The zero-order valence-corrected chi connectivity index (χ0v) is 25.5. The summed E-state index contributed by atoms with van der Waals surface area (Å²) in [5, 5.41) is 25.4. The maximum absolute atomic E-state index is 14.4. The Morgan fingerprint density at radius 2 is 1.78 bits per heavy atom. The number of aromatic nitrogens is 2. The average Bonchev–Trinajstić information content (AvgIpc) is 3.39. The number of nitrogens with zero attached hydrogens (tertiary/aromatic N) is 3. The Kier molecular flexibility index (Phi) is 11.3. The van der Waals surface area contributed by atoms with Crippen LogP contribution in [0.25, 0.3) is 22.0 Å². The second kappa shape index (κ2) is 15.3. The Morgan fingerprint density at radius 3 is 2.44 bits per heavy atom. The summed E-state index contributed by atoms with van der Waals surface area (Å²) in [6.07, 6.45) is 2.08. The molecule has 0 aliphatic rings. The second-order valence-electron chi connectivity index (χ2n) is 10.1. The van der Waals surface area contributed by atoms with E-state index in [0.29, 0.717) is 34.2 Å². The molecule has 3 N–H and O–H groups in total. The number of carbonyl (C=O) groups excluding carboxylic acids is 1. The number of allylic oxidation sites excluding steroid dienone is 1. The number of amides is 2. The first-order chi connectivity index (χ1) is 21.6. The molecule has 9 nitrogen and oxygen atoms in total. The van der Waals surface area contributed by atoms with E-state index in [1.807, 2.05) is 25.1 Å². The number of ether oxygens (including phenoxy) is 1. The molecule has 2 amide bonds. The van der Waals surface area contributed by atoms with Crippen LogP contribution in [0.3, 0.4) is 0 Å². The van der Waals surface area contributed by atoms with Crippen molar-refractivity contribution in [3.8, 4) is 5.75 Å². The first kappa shape index (κ1) is 33.2.